The van der Waals surface area contributed by atoms with Crippen molar-refractivity contribution in [1.82, 2.24) is 0 Å². The number of anilines is 2. The first-order valence-electron chi connectivity index (χ1n) is 12.9. The van der Waals surface area contributed by atoms with Crippen LogP contribution in [0.3, 0.4) is 0 Å². The van der Waals surface area contributed by atoms with Crippen molar-refractivity contribution in [2.75, 3.05) is 42.5 Å². The first-order chi connectivity index (χ1) is 15.7. The van der Waals surface area contributed by atoms with Crippen LogP contribution >= 0.6 is 0 Å². The van der Waals surface area contributed by atoms with Gasteiger partial charge in [0.1, 0.15) is 0 Å². The lowest BCUT2D eigenvalue weighted by Crippen LogP contribution is -2.22. The van der Waals surface area contributed by atoms with Crippen molar-refractivity contribution < 1.29 is 0 Å². The molecule has 0 aromatic heterocycles. The molecule has 2 rings (SSSR count). The zero-order valence-corrected chi connectivity index (χ0v) is 21.2. The van der Waals surface area contributed by atoms with Gasteiger partial charge in [0, 0.05) is 55.2 Å². The van der Waals surface area contributed by atoms with E-state index in [2.05, 4.69) is 92.9 Å². The highest BCUT2D eigenvalue weighted by Crippen LogP contribution is 2.21. The molecule has 0 amide bonds. The molecule has 0 aliphatic carbocycles. The second kappa shape index (κ2) is 14.7. The van der Waals surface area contributed by atoms with Crippen molar-refractivity contribution in [3.63, 3.8) is 0 Å². The molecule has 0 saturated carbocycles. The fourth-order valence-corrected chi connectivity index (χ4v) is 4.27. The van der Waals surface area contributed by atoms with Crippen LogP contribution in [0.1, 0.15) is 84.3 Å². The van der Waals surface area contributed by atoms with Crippen molar-refractivity contribution in [2.45, 2.75) is 73.1 Å². The fourth-order valence-electron chi connectivity index (χ4n) is 4.27. The van der Waals surface area contributed by atoms with Crippen molar-refractivity contribution >= 4 is 17.1 Å². The maximum atomic E-state index is 5.10. The van der Waals surface area contributed by atoms with Crippen LogP contribution in [-0.4, -0.2) is 38.4 Å². The van der Waals surface area contributed by atoms with Gasteiger partial charge < -0.3 is 9.80 Å². The molecule has 0 radical (unpaired) electrons. The molecule has 0 N–H and O–H groups in total. The largest absolute Gasteiger partial charge is 0.372 e. The van der Waals surface area contributed by atoms with Gasteiger partial charge in [0.25, 0.3) is 0 Å². The molecule has 0 spiro atoms. The van der Waals surface area contributed by atoms with Crippen LogP contribution in [0.15, 0.2) is 53.5 Å². The summed E-state index contributed by atoms with van der Waals surface area (Å²) in [6.07, 6.45) is 7.78. The van der Waals surface area contributed by atoms with Gasteiger partial charge >= 0.3 is 0 Å². The normalized spacial score (nSPS) is 10.8. The Morgan fingerprint density at radius 2 is 0.969 bits per heavy atom. The maximum absolute atomic E-state index is 5.10. The molecule has 0 atom stereocenters. The van der Waals surface area contributed by atoms with E-state index in [1.807, 2.05) is 0 Å². The minimum Gasteiger partial charge on any atom is -0.372 e. The molecule has 2 aromatic carbocycles. The zero-order chi connectivity index (χ0) is 23.2. The molecule has 2 aromatic rings. The van der Waals surface area contributed by atoms with E-state index >= 15 is 0 Å². The predicted molar refractivity (Wildman–Crippen MR) is 144 cm³/mol. The van der Waals surface area contributed by atoms with Crippen molar-refractivity contribution in [3.8, 4) is 0 Å². The summed E-state index contributed by atoms with van der Waals surface area (Å²) in [7, 11) is 0. The van der Waals surface area contributed by atoms with Gasteiger partial charge in [-0.1, -0.05) is 63.3 Å². The van der Waals surface area contributed by atoms with Gasteiger partial charge in [-0.2, -0.15) is 0 Å². The second-order valence-electron chi connectivity index (χ2n) is 8.44. The van der Waals surface area contributed by atoms with Gasteiger partial charge in [0.15, 0.2) is 0 Å². The summed E-state index contributed by atoms with van der Waals surface area (Å²) in [5.41, 5.74) is 6.11. The van der Waals surface area contributed by atoms with Crippen molar-refractivity contribution in [1.29, 1.82) is 0 Å². The third-order valence-corrected chi connectivity index (χ3v) is 6.32. The molecule has 0 unspecified atom stereocenters. The van der Waals surface area contributed by atoms with E-state index in [9.17, 15) is 0 Å². The number of hydrogen-bond donors (Lipinski definition) is 0. The number of nitrogens with zero attached hydrogens (tertiary/aromatic N) is 3. The topological polar surface area (TPSA) is 18.8 Å². The first kappa shape index (κ1) is 26.0. The Labute approximate surface area is 197 Å². The summed E-state index contributed by atoms with van der Waals surface area (Å²) < 4.78 is 0. The molecule has 0 heterocycles. The van der Waals surface area contributed by atoms with Crippen molar-refractivity contribution in [2.24, 2.45) is 4.99 Å². The van der Waals surface area contributed by atoms with Crippen LogP contribution in [0.2, 0.25) is 0 Å². The Bertz CT molecular complexity index is 712. The predicted octanol–water partition coefficient (Wildman–Crippen LogP) is 7.58. The molecule has 0 fully saturated rings. The van der Waals surface area contributed by atoms with Gasteiger partial charge in [0.05, 0.1) is 5.71 Å². The SMILES string of the molecule is CCCCCCCCN=C(c1ccc(N(CC)CC)cc1)c1ccc(N(CC)CC)cc1. The molecule has 0 bridgehead atoms. The van der Waals surface area contributed by atoms with Crippen LogP contribution in [-0.2, 0) is 0 Å². The average molecular weight is 436 g/mol. The molecule has 3 heteroatoms. The Morgan fingerprint density at radius 1 is 0.562 bits per heavy atom. The van der Waals surface area contributed by atoms with Gasteiger partial charge in [-0.05, 0) is 58.4 Å². The number of hydrogen-bond acceptors (Lipinski definition) is 3. The summed E-state index contributed by atoms with van der Waals surface area (Å²) >= 11 is 0. The summed E-state index contributed by atoms with van der Waals surface area (Å²) in [6.45, 7) is 16.1. The van der Waals surface area contributed by atoms with E-state index in [0.717, 1.165) is 38.4 Å². The van der Waals surface area contributed by atoms with E-state index in [-0.39, 0.29) is 0 Å². The van der Waals surface area contributed by atoms with E-state index in [0.29, 0.717) is 0 Å². The molecule has 0 aliphatic rings. The smallest absolute Gasteiger partial charge is 0.0718 e. The number of unbranched alkanes of at least 4 members (excludes halogenated alkanes) is 5. The molecular formula is C29H45N3. The Morgan fingerprint density at radius 3 is 1.38 bits per heavy atom. The highest BCUT2D eigenvalue weighted by Gasteiger charge is 2.10. The summed E-state index contributed by atoms with van der Waals surface area (Å²) in [4.78, 5) is 9.87. The number of rotatable bonds is 15. The Balaban J connectivity index is 2.22. The summed E-state index contributed by atoms with van der Waals surface area (Å²) in [5.74, 6) is 0. The van der Waals surface area contributed by atoms with Gasteiger partial charge in [-0.15, -0.1) is 0 Å². The van der Waals surface area contributed by atoms with Crippen molar-refractivity contribution in [3.05, 3.63) is 59.7 Å². The van der Waals surface area contributed by atoms with E-state index in [4.69, 9.17) is 4.99 Å². The van der Waals surface area contributed by atoms with E-state index < -0.39 is 0 Å². The molecule has 0 aliphatic heterocycles. The van der Waals surface area contributed by atoms with Gasteiger partial charge in [-0.25, -0.2) is 0 Å². The highest BCUT2D eigenvalue weighted by atomic mass is 15.1. The molecule has 176 valence electrons. The average Bonchev–Trinajstić information content (AvgIpc) is 2.84. The standard InChI is InChI=1S/C29H45N3/c1-6-11-12-13-14-15-24-30-29(25-16-20-27(21-17-25)31(7-2)8-3)26-18-22-28(23-19-26)32(9-4)10-5/h16-23H,6-15,24H2,1-5H3. The third-order valence-electron chi connectivity index (χ3n) is 6.32. The van der Waals surface area contributed by atoms with Crippen LogP contribution in [0.5, 0.6) is 0 Å². The number of aliphatic imine (C=N–C) groups is 1. The minimum absolute atomic E-state index is 0.900. The summed E-state index contributed by atoms with van der Waals surface area (Å²) in [6, 6.07) is 17.9. The van der Waals surface area contributed by atoms with Gasteiger partial charge in [-0.3, -0.25) is 4.99 Å². The van der Waals surface area contributed by atoms with Crippen LogP contribution < -0.4 is 9.80 Å². The third kappa shape index (κ3) is 7.69. The van der Waals surface area contributed by atoms with Crippen LogP contribution in [0.25, 0.3) is 0 Å². The molecule has 0 saturated heterocycles. The lowest BCUT2D eigenvalue weighted by Gasteiger charge is -2.22. The highest BCUT2D eigenvalue weighted by molar-refractivity contribution is 6.13. The van der Waals surface area contributed by atoms with Crippen LogP contribution in [0.4, 0.5) is 11.4 Å². The Kier molecular flexibility index (Phi) is 11.9. The lowest BCUT2D eigenvalue weighted by atomic mass is 10.0. The maximum Gasteiger partial charge on any atom is 0.0718 e. The number of benzene rings is 2. The quantitative estimate of drug-likeness (QED) is 0.212. The van der Waals surface area contributed by atoms with E-state index in [1.165, 1.54) is 61.0 Å². The zero-order valence-electron chi connectivity index (χ0n) is 21.2. The first-order valence-corrected chi connectivity index (χ1v) is 12.9. The van der Waals surface area contributed by atoms with Gasteiger partial charge in [0.2, 0.25) is 0 Å². The monoisotopic (exact) mass is 435 g/mol. The molecule has 3 nitrogen and oxygen atoms in total. The van der Waals surface area contributed by atoms with Crippen LogP contribution in [0, 0.1) is 0 Å². The Hall–Kier alpha value is -2.29. The van der Waals surface area contributed by atoms with E-state index in [1.54, 1.807) is 0 Å². The lowest BCUT2D eigenvalue weighted by molar-refractivity contribution is 0.612. The summed E-state index contributed by atoms with van der Waals surface area (Å²) in [5, 5.41) is 0. The molecular weight excluding hydrogens is 390 g/mol. The minimum atomic E-state index is 0.900. The fraction of sp³-hybridized carbons (Fsp3) is 0.552. The second-order valence-corrected chi connectivity index (χ2v) is 8.44. The molecule has 32 heavy (non-hydrogen) atoms.